The highest BCUT2D eigenvalue weighted by Crippen LogP contribution is 2.40. The normalized spacial score (nSPS) is 24.1. The largest absolute Gasteiger partial charge is 0.461 e. The third-order valence-corrected chi connectivity index (χ3v) is 9.77. The molecule has 4 aromatic rings. The van der Waals surface area contributed by atoms with Crippen LogP contribution in [-0.4, -0.2) is 70.3 Å². The summed E-state index contributed by atoms with van der Waals surface area (Å²) in [5.74, 6) is 0.892. The van der Waals surface area contributed by atoms with Gasteiger partial charge in [0.15, 0.2) is 5.82 Å². The van der Waals surface area contributed by atoms with Gasteiger partial charge in [0, 0.05) is 47.3 Å². The first-order chi connectivity index (χ1) is 19.1. The molecule has 4 aliphatic rings. The molecule has 2 bridgehead atoms. The molecule has 4 fully saturated rings. The molecule has 0 saturated carbocycles. The summed E-state index contributed by atoms with van der Waals surface area (Å²) < 4.78 is 6.48. The lowest BCUT2D eigenvalue weighted by molar-refractivity contribution is 0.108. The molecule has 2 aromatic carbocycles. The Bertz CT molecular complexity index is 1550. The lowest BCUT2D eigenvalue weighted by Crippen LogP contribution is -2.51. The van der Waals surface area contributed by atoms with Gasteiger partial charge in [-0.2, -0.15) is 9.97 Å². The molecular formula is C31H33ClN6O. The van der Waals surface area contributed by atoms with Crippen LogP contribution in [-0.2, 0) is 0 Å². The number of aromatic nitrogens is 3. The van der Waals surface area contributed by atoms with Crippen LogP contribution in [0.2, 0.25) is 5.02 Å². The van der Waals surface area contributed by atoms with Crippen molar-refractivity contribution < 1.29 is 4.74 Å². The predicted molar refractivity (Wildman–Crippen MR) is 156 cm³/mol. The molecule has 2 atom stereocenters. The minimum Gasteiger partial charge on any atom is -0.461 e. The van der Waals surface area contributed by atoms with Gasteiger partial charge in [0.05, 0.1) is 11.1 Å². The van der Waals surface area contributed by atoms with Gasteiger partial charge in [-0.1, -0.05) is 41.9 Å². The summed E-state index contributed by atoms with van der Waals surface area (Å²) in [6.07, 6.45) is 9.26. The molecule has 1 unspecified atom stereocenters. The Balaban J connectivity index is 1.22. The van der Waals surface area contributed by atoms with Gasteiger partial charge < -0.3 is 15.0 Å². The highest BCUT2D eigenvalue weighted by molar-refractivity contribution is 6.36. The van der Waals surface area contributed by atoms with Crippen molar-refractivity contribution in [1.29, 1.82) is 0 Å². The minimum atomic E-state index is 0.145. The van der Waals surface area contributed by atoms with E-state index in [1.54, 1.807) is 0 Å². The second-order valence-corrected chi connectivity index (χ2v) is 12.2. The van der Waals surface area contributed by atoms with Crippen molar-refractivity contribution in [3.05, 3.63) is 53.7 Å². The fraction of sp³-hybridized carbons (Fsp3) is 0.452. The fourth-order valence-corrected chi connectivity index (χ4v) is 7.86. The van der Waals surface area contributed by atoms with E-state index in [0.29, 0.717) is 24.7 Å². The first-order valence-corrected chi connectivity index (χ1v) is 14.8. The molecule has 2 aromatic heterocycles. The van der Waals surface area contributed by atoms with Crippen LogP contribution in [0, 0.1) is 0 Å². The number of halogens is 1. The summed E-state index contributed by atoms with van der Waals surface area (Å²) in [6, 6.07) is 15.9. The first-order valence-electron chi connectivity index (χ1n) is 14.4. The Morgan fingerprint density at radius 2 is 1.77 bits per heavy atom. The number of benzene rings is 2. The highest BCUT2D eigenvalue weighted by Gasteiger charge is 2.45. The maximum absolute atomic E-state index is 6.68. The zero-order chi connectivity index (χ0) is 26.0. The summed E-state index contributed by atoms with van der Waals surface area (Å²) in [6.45, 7) is 4.87. The van der Waals surface area contributed by atoms with E-state index >= 15 is 0 Å². The predicted octanol–water partition coefficient (Wildman–Crippen LogP) is 5.45. The first kappa shape index (κ1) is 23.9. The Hall–Kier alpha value is -3.00. The van der Waals surface area contributed by atoms with E-state index in [2.05, 4.69) is 45.4 Å². The monoisotopic (exact) mass is 540 g/mol. The molecule has 8 rings (SSSR count). The molecular weight excluding hydrogens is 508 g/mol. The van der Waals surface area contributed by atoms with Crippen LogP contribution in [0.15, 0.2) is 48.7 Å². The van der Waals surface area contributed by atoms with E-state index in [1.807, 2.05) is 18.3 Å². The molecule has 0 spiro atoms. The number of ether oxygens (including phenoxy) is 1. The summed E-state index contributed by atoms with van der Waals surface area (Å²) in [7, 11) is 0. The van der Waals surface area contributed by atoms with E-state index in [9.17, 15) is 0 Å². The quantitative estimate of drug-likeness (QED) is 0.361. The standard InChI is InChI=1S/C31H33ClN6O/c32-25-8-2-6-20-5-1-7-24(27(20)25)21-15-26-28(33-16-21)29(37-17-22-9-10-23(18-37)34-22)36-30(35-26)39-19-31-11-3-13-38(31)14-4-12-31/h1-2,5-8,15-16,22-23,34H,3-4,9-14,17-19H2/t22-,23?/m0/s1. The van der Waals surface area contributed by atoms with Crippen LogP contribution in [0.3, 0.4) is 0 Å². The Morgan fingerprint density at radius 1 is 1.00 bits per heavy atom. The average Bonchev–Trinajstić information content (AvgIpc) is 3.64. The van der Waals surface area contributed by atoms with Gasteiger partial charge in [-0.3, -0.25) is 9.88 Å². The Labute approximate surface area is 233 Å². The summed E-state index contributed by atoms with van der Waals surface area (Å²) >= 11 is 6.68. The second-order valence-electron chi connectivity index (χ2n) is 11.8. The van der Waals surface area contributed by atoms with Crippen molar-refractivity contribution in [2.75, 3.05) is 37.7 Å². The molecule has 39 heavy (non-hydrogen) atoms. The zero-order valence-corrected chi connectivity index (χ0v) is 22.8. The lowest BCUT2D eigenvalue weighted by Gasteiger charge is -2.34. The average molecular weight is 541 g/mol. The number of hydrogen-bond donors (Lipinski definition) is 1. The van der Waals surface area contributed by atoms with E-state index in [0.717, 1.165) is 56.9 Å². The van der Waals surface area contributed by atoms with Gasteiger partial charge in [-0.05, 0) is 74.7 Å². The third-order valence-electron chi connectivity index (χ3n) is 9.46. The van der Waals surface area contributed by atoms with Crippen molar-refractivity contribution in [1.82, 2.24) is 25.2 Å². The molecule has 1 N–H and O–H groups in total. The number of piperazine rings is 1. The highest BCUT2D eigenvalue weighted by atomic mass is 35.5. The van der Waals surface area contributed by atoms with Crippen molar-refractivity contribution in [3.8, 4) is 17.1 Å². The van der Waals surface area contributed by atoms with Gasteiger partial charge in [0.1, 0.15) is 12.1 Å². The summed E-state index contributed by atoms with van der Waals surface area (Å²) in [4.78, 5) is 20.0. The maximum Gasteiger partial charge on any atom is 0.319 e. The van der Waals surface area contributed by atoms with Gasteiger partial charge in [-0.25, -0.2) is 0 Å². The van der Waals surface area contributed by atoms with Gasteiger partial charge >= 0.3 is 6.01 Å². The number of rotatable bonds is 5. The number of anilines is 1. The summed E-state index contributed by atoms with van der Waals surface area (Å²) in [5.41, 5.74) is 3.84. The van der Waals surface area contributed by atoms with E-state index in [4.69, 9.17) is 31.3 Å². The Kier molecular flexibility index (Phi) is 5.68. The van der Waals surface area contributed by atoms with Crippen molar-refractivity contribution in [2.24, 2.45) is 0 Å². The molecule has 7 nitrogen and oxygen atoms in total. The van der Waals surface area contributed by atoms with Crippen LogP contribution in [0.25, 0.3) is 32.9 Å². The van der Waals surface area contributed by atoms with Crippen LogP contribution >= 0.6 is 11.6 Å². The van der Waals surface area contributed by atoms with Gasteiger partial charge in [0.2, 0.25) is 0 Å². The van der Waals surface area contributed by atoms with E-state index in [-0.39, 0.29) is 5.54 Å². The number of hydrogen-bond acceptors (Lipinski definition) is 7. The van der Waals surface area contributed by atoms with E-state index in [1.165, 1.54) is 51.6 Å². The van der Waals surface area contributed by atoms with Gasteiger partial charge in [-0.15, -0.1) is 0 Å². The third kappa shape index (κ3) is 4.05. The molecule has 6 heterocycles. The molecule has 0 amide bonds. The maximum atomic E-state index is 6.68. The van der Waals surface area contributed by atoms with Crippen molar-refractivity contribution in [2.45, 2.75) is 56.1 Å². The molecule has 0 radical (unpaired) electrons. The van der Waals surface area contributed by atoms with Crippen molar-refractivity contribution in [3.63, 3.8) is 0 Å². The van der Waals surface area contributed by atoms with E-state index < -0.39 is 0 Å². The SMILES string of the molecule is Clc1cccc2cccc(-c3cnc4c(N5CC6CC[C@@H](C5)N6)nc(OCC56CCCN5CCC6)nc4c3)c12. The minimum absolute atomic E-state index is 0.145. The lowest BCUT2D eigenvalue weighted by atomic mass is 9.95. The van der Waals surface area contributed by atoms with Crippen LogP contribution in [0.4, 0.5) is 5.82 Å². The number of nitrogens with zero attached hydrogens (tertiary/aromatic N) is 5. The molecule has 200 valence electrons. The van der Waals surface area contributed by atoms with Crippen molar-refractivity contribution >= 4 is 39.2 Å². The molecule has 0 aliphatic carbocycles. The fourth-order valence-electron chi connectivity index (χ4n) is 7.58. The smallest absolute Gasteiger partial charge is 0.319 e. The Morgan fingerprint density at radius 3 is 2.56 bits per heavy atom. The molecule has 4 saturated heterocycles. The number of pyridine rings is 1. The van der Waals surface area contributed by atoms with Crippen LogP contribution in [0.1, 0.15) is 38.5 Å². The van der Waals surface area contributed by atoms with Crippen LogP contribution < -0.4 is 15.0 Å². The van der Waals surface area contributed by atoms with Gasteiger partial charge in [0.25, 0.3) is 0 Å². The number of nitrogens with one attached hydrogen (secondary N) is 1. The number of fused-ring (bicyclic) bond motifs is 5. The van der Waals surface area contributed by atoms with Crippen LogP contribution in [0.5, 0.6) is 6.01 Å². The molecule has 8 heteroatoms. The zero-order valence-electron chi connectivity index (χ0n) is 22.1. The molecule has 4 aliphatic heterocycles. The second kappa shape index (κ2) is 9.29. The summed E-state index contributed by atoms with van der Waals surface area (Å²) in [5, 5.41) is 6.62. The topological polar surface area (TPSA) is 66.4 Å².